The lowest BCUT2D eigenvalue weighted by atomic mass is 9.64. The van der Waals surface area contributed by atoms with Crippen LogP contribution in [0.25, 0.3) is 5.69 Å². The molecule has 0 unspecified atom stereocenters. The van der Waals surface area contributed by atoms with E-state index in [0.717, 1.165) is 30.5 Å². The van der Waals surface area contributed by atoms with Crippen LogP contribution in [0.3, 0.4) is 0 Å². The second kappa shape index (κ2) is 7.68. The SMILES string of the molecule is O=C(CNC(=O)C1(c2ccccc2)CCC1)Nc1ccc(-n2cccn2)cc1. The Morgan fingerprint density at radius 1 is 1.00 bits per heavy atom. The van der Waals surface area contributed by atoms with Crippen LogP contribution in [0.1, 0.15) is 24.8 Å². The van der Waals surface area contributed by atoms with Gasteiger partial charge in [-0.1, -0.05) is 36.8 Å². The van der Waals surface area contributed by atoms with E-state index in [1.807, 2.05) is 66.9 Å². The lowest BCUT2D eigenvalue weighted by molar-refractivity contribution is -0.131. The van der Waals surface area contributed by atoms with Crippen molar-refractivity contribution in [3.05, 3.63) is 78.6 Å². The Labute approximate surface area is 163 Å². The number of hydrogen-bond donors (Lipinski definition) is 2. The van der Waals surface area contributed by atoms with E-state index < -0.39 is 5.41 Å². The Bertz CT molecular complexity index is 946. The van der Waals surface area contributed by atoms with Gasteiger partial charge in [-0.15, -0.1) is 0 Å². The van der Waals surface area contributed by atoms with Gasteiger partial charge in [-0.25, -0.2) is 4.68 Å². The summed E-state index contributed by atoms with van der Waals surface area (Å²) in [4.78, 5) is 25.0. The van der Waals surface area contributed by atoms with Gasteiger partial charge < -0.3 is 10.6 Å². The average Bonchev–Trinajstić information content (AvgIpc) is 3.22. The molecular weight excluding hydrogens is 352 g/mol. The van der Waals surface area contributed by atoms with Gasteiger partial charge in [-0.3, -0.25) is 9.59 Å². The van der Waals surface area contributed by atoms with E-state index in [9.17, 15) is 9.59 Å². The molecular formula is C22H22N4O2. The molecule has 1 aromatic heterocycles. The van der Waals surface area contributed by atoms with Gasteiger partial charge in [-0.05, 0) is 48.7 Å². The van der Waals surface area contributed by atoms with E-state index in [-0.39, 0.29) is 18.4 Å². The lowest BCUT2D eigenvalue weighted by Gasteiger charge is -2.40. The molecule has 1 aliphatic carbocycles. The summed E-state index contributed by atoms with van der Waals surface area (Å²) < 4.78 is 1.74. The normalized spacial score (nSPS) is 14.7. The summed E-state index contributed by atoms with van der Waals surface area (Å²) in [5.74, 6) is -0.322. The van der Waals surface area contributed by atoms with Crippen molar-refractivity contribution in [2.45, 2.75) is 24.7 Å². The number of hydrogen-bond acceptors (Lipinski definition) is 3. The zero-order valence-electron chi connectivity index (χ0n) is 15.5. The minimum atomic E-state index is -0.493. The molecule has 1 fully saturated rings. The fourth-order valence-corrected chi connectivity index (χ4v) is 3.59. The van der Waals surface area contributed by atoms with E-state index in [0.29, 0.717) is 5.69 Å². The van der Waals surface area contributed by atoms with E-state index in [2.05, 4.69) is 15.7 Å². The first-order chi connectivity index (χ1) is 13.7. The van der Waals surface area contributed by atoms with Crippen LogP contribution in [0, 0.1) is 0 Å². The first-order valence-electron chi connectivity index (χ1n) is 9.41. The molecule has 28 heavy (non-hydrogen) atoms. The number of aromatic nitrogens is 2. The second-order valence-electron chi connectivity index (χ2n) is 7.03. The van der Waals surface area contributed by atoms with Crippen molar-refractivity contribution in [2.24, 2.45) is 0 Å². The highest BCUT2D eigenvalue weighted by Crippen LogP contribution is 2.43. The third kappa shape index (κ3) is 3.53. The molecule has 2 N–H and O–H groups in total. The first-order valence-corrected chi connectivity index (χ1v) is 9.41. The Kier molecular flexibility index (Phi) is 4.93. The van der Waals surface area contributed by atoms with Crippen molar-refractivity contribution in [1.82, 2.24) is 15.1 Å². The van der Waals surface area contributed by atoms with Gasteiger partial charge >= 0.3 is 0 Å². The van der Waals surface area contributed by atoms with Crippen LogP contribution < -0.4 is 10.6 Å². The lowest BCUT2D eigenvalue weighted by Crippen LogP contribution is -2.50. The summed E-state index contributed by atoms with van der Waals surface area (Å²) in [6, 6.07) is 19.0. The van der Waals surface area contributed by atoms with Gasteiger partial charge in [0.15, 0.2) is 0 Å². The van der Waals surface area contributed by atoms with Crippen LogP contribution in [0.2, 0.25) is 0 Å². The molecule has 2 aromatic carbocycles. The molecule has 1 saturated carbocycles. The van der Waals surface area contributed by atoms with Crippen molar-refractivity contribution in [2.75, 3.05) is 11.9 Å². The van der Waals surface area contributed by atoms with Gasteiger partial charge in [0.1, 0.15) is 0 Å². The third-order valence-corrected chi connectivity index (χ3v) is 5.30. The van der Waals surface area contributed by atoms with Gasteiger partial charge in [0.2, 0.25) is 11.8 Å². The Hall–Kier alpha value is -3.41. The van der Waals surface area contributed by atoms with E-state index in [4.69, 9.17) is 0 Å². The summed E-state index contributed by atoms with van der Waals surface area (Å²) in [7, 11) is 0. The van der Waals surface area contributed by atoms with Gasteiger partial charge in [-0.2, -0.15) is 5.10 Å². The monoisotopic (exact) mass is 374 g/mol. The highest BCUT2D eigenvalue weighted by atomic mass is 16.2. The van der Waals surface area contributed by atoms with E-state index in [1.165, 1.54) is 0 Å². The smallest absolute Gasteiger partial charge is 0.243 e. The Morgan fingerprint density at radius 2 is 1.75 bits per heavy atom. The Morgan fingerprint density at radius 3 is 2.36 bits per heavy atom. The number of anilines is 1. The number of nitrogens with zero attached hydrogens (tertiary/aromatic N) is 2. The molecule has 6 heteroatoms. The van der Waals surface area contributed by atoms with Crippen LogP contribution >= 0.6 is 0 Å². The van der Waals surface area contributed by atoms with Crippen molar-refractivity contribution in [3.63, 3.8) is 0 Å². The molecule has 0 spiro atoms. The summed E-state index contributed by atoms with van der Waals surface area (Å²) in [5, 5.41) is 9.80. The zero-order valence-corrected chi connectivity index (χ0v) is 15.5. The van der Waals surface area contributed by atoms with Crippen LogP contribution in [0.5, 0.6) is 0 Å². The summed E-state index contributed by atoms with van der Waals surface area (Å²) in [6.45, 7) is -0.0473. The molecule has 2 amide bonds. The Balaban J connectivity index is 1.33. The fraction of sp³-hybridized carbons (Fsp3) is 0.227. The molecule has 0 saturated heterocycles. The zero-order chi connectivity index (χ0) is 19.4. The van der Waals surface area contributed by atoms with Crippen LogP contribution in [0.15, 0.2) is 73.1 Å². The van der Waals surface area contributed by atoms with Gasteiger partial charge in [0.25, 0.3) is 0 Å². The number of carbonyl (C=O) groups is 2. The molecule has 4 rings (SSSR count). The number of benzene rings is 2. The predicted octanol–water partition coefficient (Wildman–Crippen LogP) is 3.05. The van der Waals surface area contributed by atoms with Crippen molar-refractivity contribution in [3.8, 4) is 5.69 Å². The number of nitrogens with one attached hydrogen (secondary N) is 2. The summed E-state index contributed by atoms with van der Waals surface area (Å²) in [6.07, 6.45) is 6.23. The van der Waals surface area contributed by atoms with Gasteiger partial charge in [0.05, 0.1) is 17.6 Å². The minimum Gasteiger partial charge on any atom is -0.346 e. The first kappa shape index (κ1) is 18.0. The van der Waals surface area contributed by atoms with E-state index in [1.54, 1.807) is 10.9 Å². The predicted molar refractivity (Wildman–Crippen MR) is 107 cm³/mol. The summed E-state index contributed by atoms with van der Waals surface area (Å²) in [5.41, 5.74) is 2.11. The van der Waals surface area contributed by atoms with Crippen LogP contribution in [-0.2, 0) is 15.0 Å². The van der Waals surface area contributed by atoms with Crippen molar-refractivity contribution in [1.29, 1.82) is 0 Å². The quantitative estimate of drug-likeness (QED) is 0.696. The van der Waals surface area contributed by atoms with Gasteiger partial charge in [0, 0.05) is 18.1 Å². The number of amides is 2. The highest BCUT2D eigenvalue weighted by molar-refractivity contribution is 5.97. The fourth-order valence-electron chi connectivity index (χ4n) is 3.59. The molecule has 0 bridgehead atoms. The molecule has 3 aromatic rings. The topological polar surface area (TPSA) is 76.0 Å². The average molecular weight is 374 g/mol. The molecule has 1 heterocycles. The van der Waals surface area contributed by atoms with Crippen molar-refractivity contribution >= 4 is 17.5 Å². The third-order valence-electron chi connectivity index (χ3n) is 5.30. The summed E-state index contributed by atoms with van der Waals surface area (Å²) >= 11 is 0. The molecule has 0 aliphatic heterocycles. The second-order valence-corrected chi connectivity index (χ2v) is 7.03. The number of rotatable bonds is 6. The largest absolute Gasteiger partial charge is 0.346 e. The van der Waals surface area contributed by atoms with Crippen LogP contribution in [-0.4, -0.2) is 28.1 Å². The van der Waals surface area contributed by atoms with Crippen LogP contribution in [0.4, 0.5) is 5.69 Å². The maximum atomic E-state index is 12.8. The van der Waals surface area contributed by atoms with Crippen molar-refractivity contribution < 1.29 is 9.59 Å². The molecule has 6 nitrogen and oxygen atoms in total. The molecule has 142 valence electrons. The minimum absolute atomic E-state index is 0.0473. The standard InChI is InChI=1S/C22H22N4O2/c27-20(25-18-8-10-19(11-9-18)26-15-5-14-24-26)16-23-21(28)22(12-4-13-22)17-6-2-1-3-7-17/h1-3,5-11,14-15H,4,12-13,16H2,(H,23,28)(H,25,27). The molecule has 1 aliphatic rings. The number of carbonyl (C=O) groups excluding carboxylic acids is 2. The van der Waals surface area contributed by atoms with E-state index >= 15 is 0 Å². The maximum absolute atomic E-state index is 12.8. The molecule has 0 radical (unpaired) electrons. The maximum Gasteiger partial charge on any atom is 0.243 e. The highest BCUT2D eigenvalue weighted by Gasteiger charge is 2.45. The molecule has 0 atom stereocenters.